The maximum absolute atomic E-state index is 5.98. The minimum Gasteiger partial charge on any atom is -0.492 e. The van der Waals surface area contributed by atoms with Crippen LogP contribution in [-0.4, -0.2) is 38.1 Å². The second-order valence-electron chi connectivity index (χ2n) is 5.98. The van der Waals surface area contributed by atoms with Gasteiger partial charge in [-0.3, -0.25) is 11.3 Å². The van der Waals surface area contributed by atoms with Crippen LogP contribution in [0.4, 0.5) is 0 Å². The van der Waals surface area contributed by atoms with Crippen molar-refractivity contribution in [3.05, 3.63) is 30.3 Å². The zero-order valence-corrected chi connectivity index (χ0v) is 12.3. The molecule has 2 aliphatic heterocycles. The topological polar surface area (TPSA) is 65.7 Å². The fraction of sp³-hybridized carbons (Fsp3) is 0.625. The van der Waals surface area contributed by atoms with Gasteiger partial charge in [-0.2, -0.15) is 0 Å². The van der Waals surface area contributed by atoms with E-state index in [9.17, 15) is 0 Å². The van der Waals surface area contributed by atoms with Crippen molar-refractivity contribution >= 4 is 0 Å². The number of ether oxygens (including phenoxy) is 3. The number of hydrogen-bond donors (Lipinski definition) is 2. The van der Waals surface area contributed by atoms with Crippen LogP contribution in [0.5, 0.6) is 5.75 Å². The minimum atomic E-state index is -0.0925. The van der Waals surface area contributed by atoms with E-state index in [4.69, 9.17) is 20.1 Å². The molecule has 3 N–H and O–H groups in total. The van der Waals surface area contributed by atoms with E-state index in [2.05, 4.69) is 5.43 Å². The third-order valence-electron chi connectivity index (χ3n) is 4.55. The van der Waals surface area contributed by atoms with Crippen molar-refractivity contribution in [2.45, 2.75) is 30.9 Å². The van der Waals surface area contributed by atoms with E-state index >= 15 is 0 Å². The van der Waals surface area contributed by atoms with E-state index in [0.29, 0.717) is 19.1 Å². The molecule has 5 nitrogen and oxygen atoms in total. The molecule has 2 fully saturated rings. The second kappa shape index (κ2) is 6.75. The van der Waals surface area contributed by atoms with Crippen LogP contribution in [0.2, 0.25) is 0 Å². The number of para-hydroxylation sites is 1. The van der Waals surface area contributed by atoms with Crippen LogP contribution in [0.15, 0.2) is 30.3 Å². The van der Waals surface area contributed by atoms with Gasteiger partial charge in [-0.25, -0.2) is 0 Å². The molecule has 116 valence electrons. The van der Waals surface area contributed by atoms with Crippen molar-refractivity contribution in [1.82, 2.24) is 5.43 Å². The Morgan fingerprint density at radius 3 is 2.90 bits per heavy atom. The molecule has 3 atom stereocenters. The van der Waals surface area contributed by atoms with Gasteiger partial charge in [0, 0.05) is 19.6 Å². The van der Waals surface area contributed by atoms with Gasteiger partial charge in [-0.05, 0) is 30.9 Å². The molecule has 0 radical (unpaired) electrons. The summed E-state index contributed by atoms with van der Waals surface area (Å²) in [4.78, 5) is 0. The van der Waals surface area contributed by atoms with Crippen molar-refractivity contribution < 1.29 is 14.2 Å². The van der Waals surface area contributed by atoms with Gasteiger partial charge in [0.05, 0.1) is 18.2 Å². The van der Waals surface area contributed by atoms with Crippen LogP contribution >= 0.6 is 0 Å². The zero-order chi connectivity index (χ0) is 14.5. The molecule has 1 aromatic rings. The van der Waals surface area contributed by atoms with Crippen molar-refractivity contribution in [2.75, 3.05) is 26.4 Å². The third kappa shape index (κ3) is 3.55. The number of hydrazine groups is 1. The van der Waals surface area contributed by atoms with Crippen molar-refractivity contribution in [1.29, 1.82) is 0 Å². The molecule has 2 aliphatic rings. The van der Waals surface area contributed by atoms with Gasteiger partial charge in [0.2, 0.25) is 0 Å². The number of rotatable bonds is 5. The summed E-state index contributed by atoms with van der Waals surface area (Å²) in [5.41, 5.74) is 2.83. The number of benzene rings is 1. The Labute approximate surface area is 125 Å². The summed E-state index contributed by atoms with van der Waals surface area (Å²) in [5, 5.41) is 0. The molecule has 5 heteroatoms. The van der Waals surface area contributed by atoms with Gasteiger partial charge in [0.1, 0.15) is 12.4 Å². The Balaban J connectivity index is 1.57. The zero-order valence-electron chi connectivity index (χ0n) is 12.3. The first-order valence-corrected chi connectivity index (χ1v) is 7.67. The predicted octanol–water partition coefficient (Wildman–Crippen LogP) is 1.48. The Morgan fingerprint density at radius 1 is 1.33 bits per heavy atom. The number of nitrogens with two attached hydrogens (primary N) is 1. The van der Waals surface area contributed by atoms with Gasteiger partial charge in [-0.15, -0.1) is 0 Å². The molecule has 1 aromatic carbocycles. The van der Waals surface area contributed by atoms with E-state index < -0.39 is 0 Å². The number of nitrogens with one attached hydrogen (secondary N) is 1. The first-order valence-electron chi connectivity index (χ1n) is 7.67. The molecule has 3 rings (SSSR count). The second-order valence-corrected chi connectivity index (χ2v) is 5.98. The molecule has 2 saturated heterocycles. The highest BCUT2D eigenvalue weighted by Gasteiger charge is 2.42. The van der Waals surface area contributed by atoms with Gasteiger partial charge in [0.25, 0.3) is 0 Å². The Kier molecular flexibility index (Phi) is 4.75. The average molecular weight is 292 g/mol. The normalized spacial score (nSPS) is 30.4. The van der Waals surface area contributed by atoms with Crippen LogP contribution in [0.25, 0.3) is 0 Å². The van der Waals surface area contributed by atoms with E-state index in [1.807, 2.05) is 30.3 Å². The monoisotopic (exact) mass is 292 g/mol. The van der Waals surface area contributed by atoms with Gasteiger partial charge < -0.3 is 14.2 Å². The first kappa shape index (κ1) is 14.8. The summed E-state index contributed by atoms with van der Waals surface area (Å²) in [6.07, 6.45) is 2.98. The summed E-state index contributed by atoms with van der Waals surface area (Å²) in [7, 11) is 0. The fourth-order valence-electron chi connectivity index (χ4n) is 3.30. The summed E-state index contributed by atoms with van der Waals surface area (Å²) in [6.45, 7) is 2.86. The lowest BCUT2D eigenvalue weighted by molar-refractivity contribution is -0.104. The molecule has 1 spiro atoms. The van der Waals surface area contributed by atoms with Crippen LogP contribution in [0.1, 0.15) is 19.3 Å². The molecule has 21 heavy (non-hydrogen) atoms. The molecule has 0 bridgehead atoms. The van der Waals surface area contributed by atoms with E-state index in [0.717, 1.165) is 38.2 Å². The lowest BCUT2D eigenvalue weighted by Gasteiger charge is -2.40. The first-order chi connectivity index (χ1) is 10.3. The highest BCUT2D eigenvalue weighted by molar-refractivity contribution is 5.21. The van der Waals surface area contributed by atoms with Crippen LogP contribution < -0.4 is 16.0 Å². The summed E-state index contributed by atoms with van der Waals surface area (Å²) < 4.78 is 17.3. The predicted molar refractivity (Wildman–Crippen MR) is 79.9 cm³/mol. The Bertz CT molecular complexity index is 434. The summed E-state index contributed by atoms with van der Waals surface area (Å²) in [5.74, 6) is 7.08. The Hall–Kier alpha value is -1.14. The van der Waals surface area contributed by atoms with Crippen LogP contribution in [0.3, 0.4) is 0 Å². The molecule has 0 amide bonds. The average Bonchev–Trinajstić information content (AvgIpc) is 2.97. The maximum atomic E-state index is 5.98. The van der Waals surface area contributed by atoms with Gasteiger partial charge in [0.15, 0.2) is 0 Å². The van der Waals surface area contributed by atoms with Crippen molar-refractivity contribution in [3.63, 3.8) is 0 Å². The molecular weight excluding hydrogens is 268 g/mol. The Morgan fingerprint density at radius 2 is 2.19 bits per heavy atom. The van der Waals surface area contributed by atoms with E-state index in [-0.39, 0.29) is 11.6 Å². The SMILES string of the molecule is NNC(COc1ccccc1)C1CCOC2(CCOC2)C1. The summed E-state index contributed by atoms with van der Waals surface area (Å²) >= 11 is 0. The molecule has 3 unspecified atom stereocenters. The van der Waals surface area contributed by atoms with Crippen molar-refractivity contribution in [3.8, 4) is 5.75 Å². The molecule has 0 saturated carbocycles. The molecule has 2 heterocycles. The fourth-order valence-corrected chi connectivity index (χ4v) is 3.30. The van der Waals surface area contributed by atoms with Gasteiger partial charge in [-0.1, -0.05) is 18.2 Å². The van der Waals surface area contributed by atoms with E-state index in [1.54, 1.807) is 0 Å². The maximum Gasteiger partial charge on any atom is 0.119 e. The lowest BCUT2D eigenvalue weighted by atomic mass is 9.81. The highest BCUT2D eigenvalue weighted by atomic mass is 16.6. The quantitative estimate of drug-likeness (QED) is 0.636. The van der Waals surface area contributed by atoms with Crippen LogP contribution in [-0.2, 0) is 9.47 Å². The smallest absolute Gasteiger partial charge is 0.119 e. The molecule has 0 aromatic heterocycles. The molecular formula is C16H24N2O3. The minimum absolute atomic E-state index is 0.0925. The standard InChI is InChI=1S/C16H24N2O3/c17-18-15(11-20-14-4-2-1-3-5-14)13-6-8-21-16(10-13)7-9-19-12-16/h1-5,13,15,18H,6-12,17H2. The van der Waals surface area contributed by atoms with Gasteiger partial charge >= 0.3 is 0 Å². The van der Waals surface area contributed by atoms with E-state index in [1.165, 1.54) is 0 Å². The largest absolute Gasteiger partial charge is 0.492 e. The van der Waals surface area contributed by atoms with Crippen LogP contribution in [0, 0.1) is 5.92 Å². The summed E-state index contributed by atoms with van der Waals surface area (Å²) in [6, 6.07) is 9.98. The lowest BCUT2D eigenvalue weighted by Crippen LogP contribution is -2.51. The third-order valence-corrected chi connectivity index (χ3v) is 4.55. The van der Waals surface area contributed by atoms with Crippen molar-refractivity contribution in [2.24, 2.45) is 11.8 Å². The molecule has 0 aliphatic carbocycles. The highest BCUT2D eigenvalue weighted by Crippen LogP contribution is 2.37. The number of hydrogen-bond acceptors (Lipinski definition) is 5.